The van der Waals surface area contributed by atoms with Gasteiger partial charge >= 0.3 is 0 Å². The van der Waals surface area contributed by atoms with E-state index in [0.717, 1.165) is 18.8 Å². The summed E-state index contributed by atoms with van der Waals surface area (Å²) >= 11 is 0. The van der Waals surface area contributed by atoms with Gasteiger partial charge in [-0.15, -0.1) is 12.4 Å². The zero-order chi connectivity index (χ0) is 15.5. The minimum Gasteiger partial charge on any atom is -0.283 e. The lowest BCUT2D eigenvalue weighted by Crippen LogP contribution is -2.31. The van der Waals surface area contributed by atoms with Crippen molar-refractivity contribution in [2.24, 2.45) is 0 Å². The normalized spacial score (nSPS) is 12.3. The second-order valence-corrected chi connectivity index (χ2v) is 5.53. The third-order valence-corrected chi connectivity index (χ3v) is 4.36. The van der Waals surface area contributed by atoms with Gasteiger partial charge < -0.3 is 0 Å². The Bertz CT molecular complexity index is 748. The molecule has 0 aliphatic heterocycles. The number of nitrogens with zero attached hydrogens (tertiary/aromatic N) is 3. The molecule has 0 aliphatic carbocycles. The highest BCUT2D eigenvalue weighted by Crippen LogP contribution is 2.30. The Hall–Kier alpha value is -1.84. The Morgan fingerprint density at radius 2 is 1.57 bits per heavy atom. The number of aromatic nitrogens is 2. The maximum Gasteiger partial charge on any atom is 0.102 e. The number of benzene rings is 2. The summed E-state index contributed by atoms with van der Waals surface area (Å²) in [4.78, 5) is 2.41. The fourth-order valence-electron chi connectivity index (χ4n) is 3.09. The molecule has 122 valence electrons. The van der Waals surface area contributed by atoms with Gasteiger partial charge in [0.1, 0.15) is 11.9 Å². The summed E-state index contributed by atoms with van der Waals surface area (Å²) in [5, 5.41) is 6.17. The molecule has 0 spiro atoms. The zero-order valence-electron chi connectivity index (χ0n) is 13.9. The van der Waals surface area contributed by atoms with Crippen LogP contribution in [0.2, 0.25) is 0 Å². The molecule has 3 rings (SSSR count). The van der Waals surface area contributed by atoms with Crippen LogP contribution >= 0.6 is 12.4 Å². The topological polar surface area (TPSA) is 21.1 Å². The molecule has 1 atom stereocenters. The van der Waals surface area contributed by atoms with Gasteiger partial charge in [0.05, 0.1) is 5.52 Å². The van der Waals surface area contributed by atoms with Gasteiger partial charge in [-0.1, -0.05) is 62.4 Å². The summed E-state index contributed by atoms with van der Waals surface area (Å²) < 4.78 is 2.16. The lowest BCUT2D eigenvalue weighted by Gasteiger charge is -2.27. The van der Waals surface area contributed by atoms with E-state index in [1.54, 1.807) is 0 Å². The molecule has 0 N–H and O–H groups in total. The van der Waals surface area contributed by atoms with Crippen LogP contribution in [0.5, 0.6) is 0 Å². The summed E-state index contributed by atoms with van der Waals surface area (Å²) in [6.45, 7) is 8.66. The van der Waals surface area contributed by atoms with Crippen LogP contribution in [0.3, 0.4) is 0 Å². The van der Waals surface area contributed by atoms with Gasteiger partial charge in [-0.3, -0.25) is 4.90 Å². The predicted molar refractivity (Wildman–Crippen MR) is 100 cm³/mol. The van der Waals surface area contributed by atoms with Crippen LogP contribution in [-0.2, 0) is 0 Å². The highest BCUT2D eigenvalue weighted by Gasteiger charge is 2.18. The van der Waals surface area contributed by atoms with Gasteiger partial charge in [0.25, 0.3) is 0 Å². The first kappa shape index (κ1) is 17.5. The van der Waals surface area contributed by atoms with E-state index >= 15 is 0 Å². The molecule has 2 aromatic carbocycles. The van der Waals surface area contributed by atoms with Gasteiger partial charge in [0.15, 0.2) is 0 Å². The van der Waals surface area contributed by atoms with Crippen molar-refractivity contribution in [3.8, 4) is 11.3 Å². The van der Waals surface area contributed by atoms with Crippen molar-refractivity contribution in [2.75, 3.05) is 13.1 Å². The molecule has 23 heavy (non-hydrogen) atoms. The van der Waals surface area contributed by atoms with E-state index in [4.69, 9.17) is 5.10 Å². The van der Waals surface area contributed by atoms with Crippen molar-refractivity contribution in [3.05, 3.63) is 54.6 Å². The van der Waals surface area contributed by atoms with Crippen molar-refractivity contribution in [1.82, 2.24) is 14.7 Å². The third-order valence-electron chi connectivity index (χ3n) is 4.36. The minimum absolute atomic E-state index is 0. The Morgan fingerprint density at radius 3 is 2.22 bits per heavy atom. The summed E-state index contributed by atoms with van der Waals surface area (Å²) in [6.07, 6.45) is 0.248. The van der Waals surface area contributed by atoms with Crippen LogP contribution in [0.4, 0.5) is 0 Å². The molecule has 1 heterocycles. The second-order valence-electron chi connectivity index (χ2n) is 5.53. The predicted octanol–water partition coefficient (Wildman–Crippen LogP) is 4.99. The molecule has 0 radical (unpaired) electrons. The number of rotatable bonds is 5. The van der Waals surface area contributed by atoms with Crippen LogP contribution in [0.1, 0.15) is 26.9 Å². The third kappa shape index (κ3) is 3.26. The van der Waals surface area contributed by atoms with Crippen LogP contribution in [0.15, 0.2) is 54.6 Å². The smallest absolute Gasteiger partial charge is 0.102 e. The molecular weight excluding hydrogens is 306 g/mol. The van der Waals surface area contributed by atoms with Crippen molar-refractivity contribution in [2.45, 2.75) is 26.9 Å². The standard InChI is InChI=1S/C19H23N3.ClH/c1-4-21(5-2)15(3)22-18-14-10-9-13-17(18)19(20-22)16-11-7-6-8-12-16;/h6-15H,4-5H2,1-3H3;1H. The van der Waals surface area contributed by atoms with Crippen molar-refractivity contribution >= 4 is 23.3 Å². The van der Waals surface area contributed by atoms with Crippen molar-refractivity contribution < 1.29 is 0 Å². The molecule has 3 aromatic rings. The fraction of sp³-hybridized carbons (Fsp3) is 0.316. The maximum absolute atomic E-state index is 4.95. The van der Waals surface area contributed by atoms with E-state index in [9.17, 15) is 0 Å². The van der Waals surface area contributed by atoms with Crippen LogP contribution in [0, 0.1) is 0 Å². The fourth-order valence-corrected chi connectivity index (χ4v) is 3.09. The lowest BCUT2D eigenvalue weighted by molar-refractivity contribution is 0.163. The van der Waals surface area contributed by atoms with E-state index < -0.39 is 0 Å². The summed E-state index contributed by atoms with van der Waals surface area (Å²) in [7, 11) is 0. The largest absolute Gasteiger partial charge is 0.283 e. The molecule has 1 unspecified atom stereocenters. The molecule has 0 saturated carbocycles. The molecule has 3 nitrogen and oxygen atoms in total. The number of fused-ring (bicyclic) bond motifs is 1. The summed E-state index contributed by atoms with van der Waals surface area (Å²) in [6, 6.07) is 18.9. The number of halogens is 1. The Balaban J connectivity index is 0.00000192. The van der Waals surface area contributed by atoms with Gasteiger partial charge in [-0.05, 0) is 26.1 Å². The van der Waals surface area contributed by atoms with Crippen LogP contribution < -0.4 is 0 Å². The van der Waals surface area contributed by atoms with E-state index in [1.807, 2.05) is 6.07 Å². The SMILES string of the molecule is CCN(CC)C(C)n1nc(-c2ccccc2)c2ccccc21.Cl. The molecule has 0 fully saturated rings. The monoisotopic (exact) mass is 329 g/mol. The molecule has 0 amide bonds. The molecular formula is C19H24ClN3. The number of para-hydroxylation sites is 1. The van der Waals surface area contributed by atoms with Gasteiger partial charge in [-0.2, -0.15) is 5.10 Å². The van der Waals surface area contributed by atoms with E-state index in [1.165, 1.54) is 16.5 Å². The van der Waals surface area contributed by atoms with Crippen LogP contribution in [0.25, 0.3) is 22.2 Å². The molecule has 0 saturated heterocycles. The molecule has 0 aliphatic rings. The number of hydrogen-bond donors (Lipinski definition) is 0. The molecule has 0 bridgehead atoms. The van der Waals surface area contributed by atoms with E-state index in [2.05, 4.69) is 78.9 Å². The Morgan fingerprint density at radius 1 is 0.957 bits per heavy atom. The van der Waals surface area contributed by atoms with Gasteiger partial charge in [-0.25, -0.2) is 4.68 Å². The highest BCUT2D eigenvalue weighted by atomic mass is 35.5. The highest BCUT2D eigenvalue weighted by molar-refractivity contribution is 5.93. The summed E-state index contributed by atoms with van der Waals surface area (Å²) in [5.74, 6) is 0. The summed E-state index contributed by atoms with van der Waals surface area (Å²) in [5.41, 5.74) is 3.43. The molecule has 4 heteroatoms. The van der Waals surface area contributed by atoms with E-state index in [-0.39, 0.29) is 18.6 Å². The average Bonchev–Trinajstić information content (AvgIpc) is 2.96. The first-order valence-corrected chi connectivity index (χ1v) is 8.03. The number of hydrogen-bond acceptors (Lipinski definition) is 2. The Labute approximate surface area is 144 Å². The quantitative estimate of drug-likeness (QED) is 0.657. The van der Waals surface area contributed by atoms with Crippen molar-refractivity contribution in [3.63, 3.8) is 0 Å². The molecule has 1 aromatic heterocycles. The first-order valence-electron chi connectivity index (χ1n) is 8.03. The van der Waals surface area contributed by atoms with E-state index in [0.29, 0.717) is 0 Å². The average molecular weight is 330 g/mol. The van der Waals surface area contributed by atoms with Crippen molar-refractivity contribution in [1.29, 1.82) is 0 Å². The van der Waals surface area contributed by atoms with Gasteiger partial charge in [0.2, 0.25) is 0 Å². The lowest BCUT2D eigenvalue weighted by atomic mass is 10.1. The minimum atomic E-state index is 0. The zero-order valence-corrected chi connectivity index (χ0v) is 14.8. The second kappa shape index (κ2) is 7.62. The maximum atomic E-state index is 4.95. The first-order chi connectivity index (χ1) is 10.8. The van der Waals surface area contributed by atoms with Crippen LogP contribution in [-0.4, -0.2) is 27.8 Å². The van der Waals surface area contributed by atoms with Gasteiger partial charge in [0, 0.05) is 10.9 Å². The Kier molecular flexibility index (Phi) is 5.80.